The topological polar surface area (TPSA) is 34.1 Å². The summed E-state index contributed by atoms with van der Waals surface area (Å²) in [5, 5.41) is 7.04. The molecule has 0 aliphatic heterocycles. The molecule has 0 amide bonds. The molecule has 1 aromatic heterocycles. The van der Waals surface area contributed by atoms with Gasteiger partial charge >= 0.3 is 0 Å². The summed E-state index contributed by atoms with van der Waals surface area (Å²) in [6.07, 6.45) is 3.40. The van der Waals surface area contributed by atoms with Gasteiger partial charge in [0.15, 0.2) is 0 Å². The summed E-state index contributed by atoms with van der Waals surface area (Å²) in [7, 11) is 1.73. The Balaban J connectivity index is 1.68. The lowest BCUT2D eigenvalue weighted by Crippen LogP contribution is -2.36. The van der Waals surface area contributed by atoms with Gasteiger partial charge in [0.1, 0.15) is 10.8 Å². The van der Waals surface area contributed by atoms with Crippen LogP contribution in [-0.2, 0) is 12.8 Å². The summed E-state index contributed by atoms with van der Waals surface area (Å²) in [4.78, 5) is 4.58. The average Bonchev–Trinajstić information content (AvgIpc) is 2.93. The third-order valence-electron chi connectivity index (χ3n) is 4.13. The first kappa shape index (κ1) is 14.5. The number of hydrogen-bond acceptors (Lipinski definition) is 4. The van der Waals surface area contributed by atoms with Crippen molar-refractivity contribution in [1.29, 1.82) is 0 Å². The minimum absolute atomic E-state index is 0.320. The van der Waals surface area contributed by atoms with Crippen LogP contribution in [0.15, 0.2) is 23.6 Å². The van der Waals surface area contributed by atoms with Crippen LogP contribution in [0, 0.1) is 6.92 Å². The molecule has 21 heavy (non-hydrogen) atoms. The number of rotatable bonds is 4. The van der Waals surface area contributed by atoms with Crippen molar-refractivity contribution in [2.24, 2.45) is 0 Å². The molecule has 0 radical (unpaired) electrons. The fourth-order valence-corrected chi connectivity index (χ4v) is 3.81. The van der Waals surface area contributed by atoms with Gasteiger partial charge in [-0.15, -0.1) is 11.3 Å². The van der Waals surface area contributed by atoms with Gasteiger partial charge in [-0.3, -0.25) is 0 Å². The molecule has 0 bridgehead atoms. The van der Waals surface area contributed by atoms with E-state index in [0.717, 1.165) is 24.3 Å². The number of aryl methyl sites for hydroxylation is 2. The smallest absolute Gasteiger partial charge is 0.119 e. The minimum atomic E-state index is 0.320. The zero-order chi connectivity index (χ0) is 14.8. The predicted molar refractivity (Wildman–Crippen MR) is 87.2 cm³/mol. The second-order valence-electron chi connectivity index (χ2n) is 5.79. The summed E-state index contributed by atoms with van der Waals surface area (Å²) >= 11 is 1.74. The summed E-state index contributed by atoms with van der Waals surface area (Å²) in [6.45, 7) is 4.26. The number of benzene rings is 1. The third-order valence-corrected chi connectivity index (χ3v) is 5.28. The van der Waals surface area contributed by atoms with Crippen molar-refractivity contribution in [3.05, 3.63) is 45.4 Å². The van der Waals surface area contributed by atoms with Crippen molar-refractivity contribution in [3.63, 3.8) is 0 Å². The van der Waals surface area contributed by atoms with Crippen LogP contribution >= 0.6 is 11.3 Å². The minimum Gasteiger partial charge on any atom is -0.497 e. The number of thiazole rings is 1. The SMILES string of the molecule is COc1ccc2c(c1)CC(NC(C)c1nc(C)cs1)CC2. The molecule has 1 N–H and O–H groups in total. The second kappa shape index (κ2) is 6.16. The molecule has 0 fully saturated rings. The van der Waals surface area contributed by atoms with Crippen LogP contribution in [-0.4, -0.2) is 18.1 Å². The number of aromatic nitrogens is 1. The molecule has 3 rings (SSSR count). The summed E-state index contributed by atoms with van der Waals surface area (Å²) in [5.74, 6) is 0.956. The Kier molecular flexibility index (Phi) is 4.27. The number of ether oxygens (including phenoxy) is 1. The molecule has 1 aromatic carbocycles. The monoisotopic (exact) mass is 302 g/mol. The Labute approximate surface area is 130 Å². The van der Waals surface area contributed by atoms with Crippen LogP contribution < -0.4 is 10.1 Å². The molecular weight excluding hydrogens is 280 g/mol. The van der Waals surface area contributed by atoms with Crippen LogP contribution in [0.2, 0.25) is 0 Å². The molecular formula is C17H22N2OS. The molecule has 112 valence electrons. The van der Waals surface area contributed by atoms with Gasteiger partial charge < -0.3 is 10.1 Å². The molecule has 1 aliphatic rings. The molecule has 2 aromatic rings. The summed E-state index contributed by atoms with van der Waals surface area (Å²) in [5.41, 5.74) is 3.99. The van der Waals surface area contributed by atoms with Gasteiger partial charge in [-0.2, -0.15) is 0 Å². The van der Waals surface area contributed by atoms with E-state index in [1.807, 2.05) is 0 Å². The normalized spacial score (nSPS) is 19.1. The van der Waals surface area contributed by atoms with E-state index in [9.17, 15) is 0 Å². The molecule has 3 nitrogen and oxygen atoms in total. The quantitative estimate of drug-likeness (QED) is 0.935. The standard InChI is InChI=1S/C17H22N2OS/c1-11-10-21-17(18-11)12(2)19-15-6-4-13-5-7-16(20-3)9-14(13)8-15/h5,7,9-10,12,15,19H,4,6,8H2,1-3H3. The zero-order valence-electron chi connectivity index (χ0n) is 12.8. The second-order valence-corrected chi connectivity index (χ2v) is 6.68. The van der Waals surface area contributed by atoms with Gasteiger partial charge in [0.2, 0.25) is 0 Å². The van der Waals surface area contributed by atoms with Crippen LogP contribution in [0.4, 0.5) is 0 Å². The maximum Gasteiger partial charge on any atom is 0.119 e. The van der Waals surface area contributed by atoms with Crippen LogP contribution in [0.3, 0.4) is 0 Å². The first-order valence-corrected chi connectivity index (χ1v) is 8.37. The van der Waals surface area contributed by atoms with Crippen molar-refractivity contribution >= 4 is 11.3 Å². The molecule has 2 unspecified atom stereocenters. The van der Waals surface area contributed by atoms with Crippen molar-refractivity contribution in [2.75, 3.05) is 7.11 Å². The van der Waals surface area contributed by atoms with Gasteiger partial charge in [-0.1, -0.05) is 6.07 Å². The van der Waals surface area contributed by atoms with Gasteiger partial charge in [-0.05, 0) is 56.4 Å². The number of methoxy groups -OCH3 is 1. The highest BCUT2D eigenvalue weighted by atomic mass is 32.1. The Morgan fingerprint density at radius 1 is 1.38 bits per heavy atom. The third kappa shape index (κ3) is 3.27. The van der Waals surface area contributed by atoms with E-state index in [1.54, 1.807) is 18.4 Å². The Morgan fingerprint density at radius 3 is 2.95 bits per heavy atom. The zero-order valence-corrected chi connectivity index (χ0v) is 13.7. The fraction of sp³-hybridized carbons (Fsp3) is 0.471. The lowest BCUT2D eigenvalue weighted by atomic mass is 9.88. The number of hydrogen-bond donors (Lipinski definition) is 1. The molecule has 0 saturated heterocycles. The molecule has 2 atom stereocenters. The summed E-state index contributed by atoms with van der Waals surface area (Å²) < 4.78 is 5.34. The van der Waals surface area contributed by atoms with Crippen LogP contribution in [0.25, 0.3) is 0 Å². The Bertz CT molecular complexity index is 623. The lowest BCUT2D eigenvalue weighted by Gasteiger charge is -2.28. The molecule has 0 saturated carbocycles. The average molecular weight is 302 g/mol. The van der Waals surface area contributed by atoms with Gasteiger partial charge in [0.25, 0.3) is 0 Å². The maximum atomic E-state index is 5.34. The largest absolute Gasteiger partial charge is 0.497 e. The Morgan fingerprint density at radius 2 is 2.24 bits per heavy atom. The van der Waals surface area contributed by atoms with E-state index in [2.05, 4.69) is 47.7 Å². The highest BCUT2D eigenvalue weighted by Crippen LogP contribution is 2.27. The molecule has 4 heteroatoms. The van der Waals surface area contributed by atoms with Crippen LogP contribution in [0.1, 0.15) is 41.2 Å². The van der Waals surface area contributed by atoms with Gasteiger partial charge in [0.05, 0.1) is 13.2 Å². The maximum absolute atomic E-state index is 5.34. The van der Waals surface area contributed by atoms with Crippen molar-refractivity contribution in [1.82, 2.24) is 10.3 Å². The van der Waals surface area contributed by atoms with Crippen molar-refractivity contribution in [3.8, 4) is 5.75 Å². The van der Waals surface area contributed by atoms with Crippen molar-refractivity contribution < 1.29 is 4.74 Å². The predicted octanol–water partition coefficient (Wildman–Crippen LogP) is 3.67. The van der Waals surface area contributed by atoms with E-state index in [1.165, 1.54) is 22.6 Å². The van der Waals surface area contributed by atoms with Crippen LogP contribution in [0.5, 0.6) is 5.75 Å². The Hall–Kier alpha value is -1.39. The number of nitrogens with zero attached hydrogens (tertiary/aromatic N) is 1. The van der Waals surface area contributed by atoms with E-state index in [4.69, 9.17) is 4.74 Å². The fourth-order valence-electron chi connectivity index (χ4n) is 3.00. The van der Waals surface area contributed by atoms with E-state index in [-0.39, 0.29) is 0 Å². The highest BCUT2D eigenvalue weighted by Gasteiger charge is 2.21. The number of nitrogens with one attached hydrogen (secondary N) is 1. The first-order chi connectivity index (χ1) is 10.2. The molecule has 1 heterocycles. The van der Waals surface area contributed by atoms with Crippen molar-refractivity contribution in [2.45, 2.75) is 45.2 Å². The lowest BCUT2D eigenvalue weighted by molar-refractivity contribution is 0.402. The van der Waals surface area contributed by atoms with E-state index >= 15 is 0 Å². The van der Waals surface area contributed by atoms with Gasteiger partial charge in [0, 0.05) is 17.1 Å². The summed E-state index contributed by atoms with van der Waals surface area (Å²) in [6, 6.07) is 7.29. The molecule has 0 spiro atoms. The number of fused-ring (bicyclic) bond motifs is 1. The molecule has 1 aliphatic carbocycles. The van der Waals surface area contributed by atoms with E-state index < -0.39 is 0 Å². The van der Waals surface area contributed by atoms with Gasteiger partial charge in [-0.25, -0.2) is 4.98 Å². The first-order valence-electron chi connectivity index (χ1n) is 7.49. The van der Waals surface area contributed by atoms with E-state index in [0.29, 0.717) is 12.1 Å². The highest BCUT2D eigenvalue weighted by molar-refractivity contribution is 7.09.